The molecule has 2 heterocycles. The number of hydrogen-bond donors (Lipinski definition) is 0. The van der Waals surface area contributed by atoms with E-state index in [9.17, 15) is 9.59 Å². The van der Waals surface area contributed by atoms with Gasteiger partial charge >= 0.3 is 6.09 Å². The van der Waals surface area contributed by atoms with Gasteiger partial charge < -0.3 is 9.64 Å². The summed E-state index contributed by atoms with van der Waals surface area (Å²) in [5, 5.41) is 3.67. The Hall–Kier alpha value is -1.95. The molecule has 122 valence electrons. The van der Waals surface area contributed by atoms with E-state index in [0.29, 0.717) is 6.42 Å². The van der Waals surface area contributed by atoms with Crippen molar-refractivity contribution in [2.75, 3.05) is 19.6 Å². The van der Waals surface area contributed by atoms with E-state index in [2.05, 4.69) is 10.0 Å². The highest BCUT2D eigenvalue weighted by molar-refractivity contribution is 5.86. The lowest BCUT2D eigenvalue weighted by Crippen LogP contribution is -2.48. The summed E-state index contributed by atoms with van der Waals surface area (Å²) in [6, 6.07) is -0.975. The molecule has 0 aromatic heterocycles. The van der Waals surface area contributed by atoms with E-state index in [1.165, 1.54) is 4.90 Å². The molecule has 0 spiro atoms. The summed E-state index contributed by atoms with van der Waals surface area (Å²) >= 11 is 0. The number of ether oxygens (including phenoxy) is 1. The zero-order valence-corrected chi connectivity index (χ0v) is 13.4. The molecule has 8 nitrogen and oxygen atoms in total. The summed E-state index contributed by atoms with van der Waals surface area (Å²) in [5.74, 6) is -0.0704. The van der Waals surface area contributed by atoms with Crippen molar-refractivity contribution < 1.29 is 14.3 Å². The monoisotopic (exact) mass is 309 g/mol. The molecule has 2 aliphatic rings. The molecule has 2 aliphatic heterocycles. The largest absolute Gasteiger partial charge is 0.444 e. The van der Waals surface area contributed by atoms with Crippen LogP contribution in [0, 0.1) is 0 Å². The first-order chi connectivity index (χ1) is 10.3. The molecule has 0 N–H and O–H groups in total. The van der Waals surface area contributed by atoms with Crippen molar-refractivity contribution in [3.63, 3.8) is 0 Å². The van der Waals surface area contributed by atoms with E-state index in [1.54, 1.807) is 25.7 Å². The molecule has 0 radical (unpaired) electrons. The van der Waals surface area contributed by atoms with Crippen LogP contribution in [0.4, 0.5) is 4.79 Å². The van der Waals surface area contributed by atoms with Crippen LogP contribution in [0.2, 0.25) is 0 Å². The van der Waals surface area contributed by atoms with Gasteiger partial charge in [0, 0.05) is 24.5 Å². The van der Waals surface area contributed by atoms with Gasteiger partial charge in [0.15, 0.2) is 0 Å². The molecule has 2 amide bonds. The Kier molecular flexibility index (Phi) is 4.81. The van der Waals surface area contributed by atoms with E-state index in [0.717, 1.165) is 25.9 Å². The van der Waals surface area contributed by atoms with Gasteiger partial charge in [-0.15, -0.1) is 0 Å². The maximum absolute atomic E-state index is 12.6. The molecular weight excluding hydrogens is 286 g/mol. The van der Waals surface area contributed by atoms with Gasteiger partial charge in [-0.2, -0.15) is 0 Å². The van der Waals surface area contributed by atoms with Crippen LogP contribution in [0.5, 0.6) is 0 Å². The van der Waals surface area contributed by atoms with Crippen molar-refractivity contribution in [3.05, 3.63) is 10.4 Å². The molecule has 0 bridgehead atoms. The Morgan fingerprint density at radius 2 is 1.91 bits per heavy atom. The fourth-order valence-corrected chi connectivity index (χ4v) is 2.88. The molecule has 0 aromatic rings. The van der Waals surface area contributed by atoms with Crippen molar-refractivity contribution >= 4 is 12.0 Å². The number of carbonyl (C=O) groups is 2. The van der Waals surface area contributed by atoms with Gasteiger partial charge in [0.2, 0.25) is 5.91 Å². The number of carbonyl (C=O) groups excluding carboxylic acids is 2. The zero-order chi connectivity index (χ0) is 16.3. The maximum Gasteiger partial charge on any atom is 0.410 e. The third-order valence-electron chi connectivity index (χ3n) is 3.82. The van der Waals surface area contributed by atoms with E-state index in [4.69, 9.17) is 10.3 Å². The lowest BCUT2D eigenvalue weighted by molar-refractivity contribution is -0.134. The van der Waals surface area contributed by atoms with Crippen LogP contribution in [-0.2, 0) is 9.53 Å². The molecule has 0 unspecified atom stereocenters. The Bertz CT molecular complexity index is 489. The SMILES string of the molecule is CC(C)(C)OC(=O)N1C[C@H](N=[N+]=[N-])C[C@H]1C(=O)N1CCCC1. The van der Waals surface area contributed by atoms with Crippen LogP contribution in [0.1, 0.15) is 40.0 Å². The van der Waals surface area contributed by atoms with E-state index < -0.39 is 17.7 Å². The Morgan fingerprint density at radius 1 is 1.27 bits per heavy atom. The van der Waals surface area contributed by atoms with Gasteiger partial charge in [-0.3, -0.25) is 9.69 Å². The molecular formula is C14H23N5O3. The standard InChI is InChI=1S/C14H23N5O3/c1-14(2,3)22-13(21)19-9-10(16-17-15)8-11(19)12(20)18-6-4-5-7-18/h10-11H,4-9H2,1-3H3/t10-,11+/m1/s1. The van der Waals surface area contributed by atoms with Gasteiger partial charge in [0.25, 0.3) is 0 Å². The minimum atomic E-state index is -0.630. The van der Waals surface area contributed by atoms with Gasteiger partial charge in [-0.05, 0) is 45.6 Å². The first-order valence-electron chi connectivity index (χ1n) is 7.64. The minimum absolute atomic E-state index is 0.0704. The highest BCUT2D eigenvalue weighted by Gasteiger charge is 2.43. The van der Waals surface area contributed by atoms with Crippen LogP contribution in [-0.4, -0.2) is 59.1 Å². The molecule has 0 aliphatic carbocycles. The van der Waals surface area contributed by atoms with E-state index in [-0.39, 0.29) is 18.5 Å². The van der Waals surface area contributed by atoms with Crippen molar-refractivity contribution in [1.82, 2.24) is 9.80 Å². The maximum atomic E-state index is 12.6. The Balaban J connectivity index is 2.13. The van der Waals surface area contributed by atoms with Crippen LogP contribution in [0.3, 0.4) is 0 Å². The minimum Gasteiger partial charge on any atom is -0.444 e. The molecule has 0 saturated carbocycles. The topological polar surface area (TPSA) is 98.6 Å². The molecule has 8 heteroatoms. The zero-order valence-electron chi connectivity index (χ0n) is 13.4. The number of hydrogen-bond acceptors (Lipinski definition) is 4. The summed E-state index contributed by atoms with van der Waals surface area (Å²) in [6.07, 6.45) is 1.81. The predicted octanol–water partition coefficient (Wildman–Crippen LogP) is 2.30. The lowest BCUT2D eigenvalue weighted by Gasteiger charge is -2.30. The summed E-state index contributed by atoms with van der Waals surface area (Å²) in [5.41, 5.74) is 7.97. The fourth-order valence-electron chi connectivity index (χ4n) is 2.88. The van der Waals surface area contributed by atoms with Gasteiger partial charge in [0.05, 0.1) is 6.04 Å². The summed E-state index contributed by atoms with van der Waals surface area (Å²) in [4.78, 5) is 30.9. The second kappa shape index (κ2) is 6.44. The molecule has 2 fully saturated rings. The van der Waals surface area contributed by atoms with E-state index >= 15 is 0 Å². The van der Waals surface area contributed by atoms with Gasteiger partial charge in [0.1, 0.15) is 11.6 Å². The number of nitrogens with zero attached hydrogens (tertiary/aromatic N) is 5. The normalized spacial score (nSPS) is 25.0. The Labute approximate surface area is 130 Å². The van der Waals surface area contributed by atoms with Gasteiger partial charge in [-0.1, -0.05) is 5.11 Å². The first kappa shape index (κ1) is 16.4. The predicted molar refractivity (Wildman–Crippen MR) is 80.1 cm³/mol. The third kappa shape index (κ3) is 3.82. The van der Waals surface area contributed by atoms with Crippen molar-refractivity contribution in [1.29, 1.82) is 0 Å². The average Bonchev–Trinajstić information content (AvgIpc) is 3.05. The number of likely N-dealkylation sites (tertiary alicyclic amines) is 2. The molecule has 2 atom stereocenters. The van der Waals surface area contributed by atoms with Crippen LogP contribution < -0.4 is 0 Å². The summed E-state index contributed by atoms with van der Waals surface area (Å²) in [7, 11) is 0. The summed E-state index contributed by atoms with van der Waals surface area (Å²) in [6.45, 7) is 7.02. The number of azide groups is 1. The van der Waals surface area contributed by atoms with E-state index in [1.807, 2.05) is 0 Å². The highest BCUT2D eigenvalue weighted by Crippen LogP contribution is 2.26. The van der Waals surface area contributed by atoms with Crippen LogP contribution in [0.15, 0.2) is 5.11 Å². The van der Waals surface area contributed by atoms with Crippen molar-refractivity contribution in [2.24, 2.45) is 5.11 Å². The van der Waals surface area contributed by atoms with Gasteiger partial charge in [-0.25, -0.2) is 4.79 Å². The van der Waals surface area contributed by atoms with Crippen molar-refractivity contribution in [3.8, 4) is 0 Å². The Morgan fingerprint density at radius 3 is 2.45 bits per heavy atom. The third-order valence-corrected chi connectivity index (χ3v) is 3.82. The van der Waals surface area contributed by atoms with Crippen LogP contribution >= 0.6 is 0 Å². The quantitative estimate of drug-likeness (QED) is 0.444. The first-order valence-corrected chi connectivity index (χ1v) is 7.64. The lowest BCUT2D eigenvalue weighted by atomic mass is 10.1. The summed E-state index contributed by atoms with van der Waals surface area (Å²) < 4.78 is 5.37. The second-order valence-corrected chi connectivity index (χ2v) is 6.78. The molecule has 2 rings (SSSR count). The fraction of sp³-hybridized carbons (Fsp3) is 0.857. The number of rotatable bonds is 2. The second-order valence-electron chi connectivity index (χ2n) is 6.78. The molecule has 22 heavy (non-hydrogen) atoms. The molecule has 2 saturated heterocycles. The number of amides is 2. The van der Waals surface area contributed by atoms with Crippen molar-refractivity contribution in [2.45, 2.75) is 57.7 Å². The average molecular weight is 309 g/mol. The smallest absolute Gasteiger partial charge is 0.410 e. The van der Waals surface area contributed by atoms with Crippen LogP contribution in [0.25, 0.3) is 10.4 Å². The highest BCUT2D eigenvalue weighted by atomic mass is 16.6. The molecule has 0 aromatic carbocycles.